The molecule has 5 heteroatoms. The van der Waals surface area contributed by atoms with E-state index in [0.29, 0.717) is 17.4 Å². The number of hydrogen-bond donors (Lipinski definition) is 1. The number of benzene rings is 2. The molecule has 1 aliphatic rings. The number of hydrogen-bond acceptors (Lipinski definition) is 4. The normalized spacial score (nSPS) is 15.1. The molecule has 5 nitrogen and oxygen atoms in total. The fraction of sp³-hybridized carbons (Fsp3) is 0.280. The molecule has 0 saturated carbocycles. The van der Waals surface area contributed by atoms with Crippen LogP contribution >= 0.6 is 0 Å². The van der Waals surface area contributed by atoms with E-state index in [9.17, 15) is 4.79 Å². The van der Waals surface area contributed by atoms with Crippen LogP contribution in [0.2, 0.25) is 0 Å². The van der Waals surface area contributed by atoms with Crippen molar-refractivity contribution in [2.75, 3.05) is 19.6 Å². The number of amides is 1. The number of rotatable bonds is 7. The Labute approximate surface area is 177 Å². The van der Waals surface area contributed by atoms with E-state index in [1.165, 1.54) is 30.2 Å². The van der Waals surface area contributed by atoms with Crippen molar-refractivity contribution in [1.82, 2.24) is 9.88 Å². The molecular weight excluding hydrogens is 374 g/mol. The highest BCUT2D eigenvalue weighted by Gasteiger charge is 2.20. The summed E-state index contributed by atoms with van der Waals surface area (Å²) in [5.74, 6) is 1.36. The summed E-state index contributed by atoms with van der Waals surface area (Å²) in [5.41, 5.74) is 8.37. The summed E-state index contributed by atoms with van der Waals surface area (Å²) in [7, 11) is 0. The Balaban J connectivity index is 1.24. The van der Waals surface area contributed by atoms with Gasteiger partial charge in [-0.1, -0.05) is 42.5 Å². The third-order valence-corrected chi connectivity index (χ3v) is 5.74. The van der Waals surface area contributed by atoms with Gasteiger partial charge >= 0.3 is 0 Å². The highest BCUT2D eigenvalue weighted by atomic mass is 16.5. The lowest BCUT2D eigenvalue weighted by Crippen LogP contribution is -2.34. The molecule has 1 fully saturated rings. The highest BCUT2D eigenvalue weighted by molar-refractivity contribution is 5.92. The molecule has 2 heterocycles. The molecule has 0 atom stereocenters. The van der Waals surface area contributed by atoms with E-state index in [4.69, 9.17) is 10.5 Å². The lowest BCUT2D eigenvalue weighted by atomic mass is 9.89. The second-order valence-electron chi connectivity index (χ2n) is 7.77. The second-order valence-corrected chi connectivity index (χ2v) is 7.77. The summed E-state index contributed by atoms with van der Waals surface area (Å²) in [6, 6.07) is 22.3. The Morgan fingerprint density at radius 2 is 1.73 bits per heavy atom. The van der Waals surface area contributed by atoms with E-state index in [2.05, 4.69) is 52.3 Å². The maximum Gasteiger partial charge on any atom is 0.250 e. The molecule has 1 aliphatic heterocycles. The van der Waals surface area contributed by atoms with Crippen LogP contribution in [0.3, 0.4) is 0 Å². The van der Waals surface area contributed by atoms with Gasteiger partial charge in [-0.2, -0.15) is 0 Å². The van der Waals surface area contributed by atoms with E-state index in [1.807, 2.05) is 12.1 Å². The van der Waals surface area contributed by atoms with Gasteiger partial charge in [0.25, 0.3) is 0 Å². The van der Waals surface area contributed by atoms with E-state index in [0.717, 1.165) is 31.8 Å². The SMILES string of the molecule is NC(=O)c1ccc(Oc2ccc(CCN3CCC(c4ccccc4)CC3)cc2)nc1. The van der Waals surface area contributed by atoms with Crippen molar-refractivity contribution in [2.24, 2.45) is 5.73 Å². The molecule has 0 unspecified atom stereocenters. The number of nitrogens with two attached hydrogens (primary N) is 1. The summed E-state index contributed by atoms with van der Waals surface area (Å²) < 4.78 is 5.74. The molecule has 3 aromatic rings. The first-order valence-corrected chi connectivity index (χ1v) is 10.5. The van der Waals surface area contributed by atoms with Crippen molar-refractivity contribution in [1.29, 1.82) is 0 Å². The smallest absolute Gasteiger partial charge is 0.250 e. The predicted molar refractivity (Wildman–Crippen MR) is 118 cm³/mol. The Kier molecular flexibility index (Phi) is 6.40. The Morgan fingerprint density at radius 3 is 2.37 bits per heavy atom. The van der Waals surface area contributed by atoms with Crippen LogP contribution < -0.4 is 10.5 Å². The fourth-order valence-corrected chi connectivity index (χ4v) is 3.93. The van der Waals surface area contributed by atoms with Crippen LogP contribution in [0.25, 0.3) is 0 Å². The monoisotopic (exact) mass is 401 g/mol. The van der Waals surface area contributed by atoms with Crippen LogP contribution in [0.4, 0.5) is 0 Å². The summed E-state index contributed by atoms with van der Waals surface area (Å²) in [4.78, 5) is 17.8. The molecular formula is C25H27N3O2. The number of piperidine rings is 1. The van der Waals surface area contributed by atoms with Crippen LogP contribution in [0.15, 0.2) is 72.9 Å². The molecule has 0 bridgehead atoms. The van der Waals surface area contributed by atoms with Crippen molar-refractivity contribution >= 4 is 5.91 Å². The van der Waals surface area contributed by atoms with Gasteiger partial charge in [0.2, 0.25) is 11.8 Å². The zero-order chi connectivity index (χ0) is 20.8. The molecule has 154 valence electrons. The topological polar surface area (TPSA) is 68.5 Å². The zero-order valence-corrected chi connectivity index (χ0v) is 17.0. The van der Waals surface area contributed by atoms with Gasteiger partial charge in [-0.3, -0.25) is 4.79 Å². The van der Waals surface area contributed by atoms with Crippen LogP contribution in [0.5, 0.6) is 11.6 Å². The maximum absolute atomic E-state index is 11.1. The van der Waals surface area contributed by atoms with E-state index in [-0.39, 0.29) is 0 Å². The molecule has 30 heavy (non-hydrogen) atoms. The minimum absolute atomic E-state index is 0.366. The van der Waals surface area contributed by atoms with Crippen molar-refractivity contribution in [2.45, 2.75) is 25.2 Å². The van der Waals surface area contributed by atoms with E-state index in [1.54, 1.807) is 12.1 Å². The number of carbonyl (C=O) groups excluding carboxylic acids is 1. The first-order valence-electron chi connectivity index (χ1n) is 10.5. The Morgan fingerprint density at radius 1 is 1.00 bits per heavy atom. The molecule has 1 saturated heterocycles. The fourth-order valence-electron chi connectivity index (χ4n) is 3.93. The molecule has 0 spiro atoms. The first kappa shape index (κ1) is 20.1. The summed E-state index contributed by atoms with van der Waals surface area (Å²) in [6.45, 7) is 3.40. The maximum atomic E-state index is 11.1. The largest absolute Gasteiger partial charge is 0.439 e. The third kappa shape index (κ3) is 5.24. The van der Waals surface area contributed by atoms with Gasteiger partial charge in [0.1, 0.15) is 5.75 Å². The standard InChI is InChI=1S/C25H27N3O2/c26-25(29)22-8-11-24(27-18-22)30-23-9-6-19(7-10-23)12-15-28-16-13-21(14-17-28)20-4-2-1-3-5-20/h1-11,18,21H,12-17H2,(H2,26,29). The molecule has 0 aliphatic carbocycles. The first-order chi connectivity index (χ1) is 14.7. The lowest BCUT2D eigenvalue weighted by molar-refractivity contribution is 0.1000. The van der Waals surface area contributed by atoms with Gasteiger partial charge in [0, 0.05) is 18.8 Å². The summed E-state index contributed by atoms with van der Waals surface area (Å²) in [5, 5.41) is 0. The van der Waals surface area contributed by atoms with E-state index >= 15 is 0 Å². The number of carbonyl (C=O) groups is 1. The van der Waals surface area contributed by atoms with Gasteiger partial charge in [-0.05, 0) is 67.6 Å². The van der Waals surface area contributed by atoms with Crippen molar-refractivity contribution in [3.8, 4) is 11.6 Å². The minimum Gasteiger partial charge on any atom is -0.439 e. The number of nitrogens with zero attached hydrogens (tertiary/aromatic N) is 2. The van der Waals surface area contributed by atoms with Gasteiger partial charge in [-0.25, -0.2) is 4.98 Å². The minimum atomic E-state index is -0.498. The lowest BCUT2D eigenvalue weighted by Gasteiger charge is -2.32. The molecule has 2 aromatic carbocycles. The Bertz CT molecular complexity index is 948. The molecule has 1 aromatic heterocycles. The highest BCUT2D eigenvalue weighted by Crippen LogP contribution is 2.28. The number of primary amides is 1. The summed E-state index contributed by atoms with van der Waals surface area (Å²) >= 11 is 0. The average Bonchev–Trinajstić information content (AvgIpc) is 2.80. The van der Waals surface area contributed by atoms with Gasteiger partial charge < -0.3 is 15.4 Å². The second kappa shape index (κ2) is 9.55. The molecule has 0 radical (unpaired) electrons. The third-order valence-electron chi connectivity index (χ3n) is 5.74. The Hall–Kier alpha value is -3.18. The number of ether oxygens (including phenoxy) is 1. The van der Waals surface area contributed by atoms with Crippen LogP contribution in [-0.4, -0.2) is 35.4 Å². The van der Waals surface area contributed by atoms with Gasteiger partial charge in [-0.15, -0.1) is 0 Å². The van der Waals surface area contributed by atoms with Crippen molar-refractivity contribution < 1.29 is 9.53 Å². The van der Waals surface area contributed by atoms with Crippen molar-refractivity contribution in [3.63, 3.8) is 0 Å². The molecule has 2 N–H and O–H groups in total. The molecule has 4 rings (SSSR count). The van der Waals surface area contributed by atoms with Gasteiger partial charge in [0.15, 0.2) is 0 Å². The van der Waals surface area contributed by atoms with Crippen LogP contribution in [0, 0.1) is 0 Å². The summed E-state index contributed by atoms with van der Waals surface area (Å²) in [6.07, 6.45) is 4.92. The number of aromatic nitrogens is 1. The number of pyridine rings is 1. The van der Waals surface area contributed by atoms with Crippen LogP contribution in [0.1, 0.15) is 40.2 Å². The molecule has 1 amide bonds. The van der Waals surface area contributed by atoms with Crippen molar-refractivity contribution in [3.05, 3.63) is 89.6 Å². The van der Waals surface area contributed by atoms with Crippen LogP contribution in [-0.2, 0) is 6.42 Å². The number of likely N-dealkylation sites (tertiary alicyclic amines) is 1. The average molecular weight is 402 g/mol. The predicted octanol–water partition coefficient (Wildman–Crippen LogP) is 4.39. The quantitative estimate of drug-likeness (QED) is 0.637. The zero-order valence-electron chi connectivity index (χ0n) is 17.0. The van der Waals surface area contributed by atoms with E-state index < -0.39 is 5.91 Å². The van der Waals surface area contributed by atoms with Gasteiger partial charge in [0.05, 0.1) is 5.56 Å².